The molecule has 1 unspecified atom stereocenters. The monoisotopic (exact) mass is 222 g/mol. The van der Waals surface area contributed by atoms with Gasteiger partial charge in [-0.25, -0.2) is 4.79 Å². The highest BCUT2D eigenvalue weighted by molar-refractivity contribution is 5.82. The van der Waals surface area contributed by atoms with E-state index >= 15 is 0 Å². The molecule has 1 aromatic heterocycles. The van der Waals surface area contributed by atoms with Crippen molar-refractivity contribution in [2.45, 2.75) is 32.4 Å². The van der Waals surface area contributed by atoms with Gasteiger partial charge in [0, 0.05) is 24.0 Å². The van der Waals surface area contributed by atoms with Crippen LogP contribution in [0.5, 0.6) is 0 Å². The van der Waals surface area contributed by atoms with Crippen LogP contribution in [0.3, 0.4) is 0 Å². The molecule has 0 fully saturated rings. The zero-order valence-electron chi connectivity index (χ0n) is 10.2. The molecule has 0 amide bonds. The van der Waals surface area contributed by atoms with Gasteiger partial charge in [0.1, 0.15) is 5.54 Å². The summed E-state index contributed by atoms with van der Waals surface area (Å²) in [5.74, 6) is -0.311. The lowest BCUT2D eigenvalue weighted by atomic mass is 9.92. The van der Waals surface area contributed by atoms with E-state index in [0.29, 0.717) is 0 Å². The molecule has 1 heterocycles. The molecule has 4 heteroatoms. The third-order valence-corrected chi connectivity index (χ3v) is 2.41. The average Bonchev–Trinajstić information content (AvgIpc) is 2.28. The fourth-order valence-electron chi connectivity index (χ4n) is 1.70. The lowest BCUT2D eigenvalue weighted by Crippen LogP contribution is -2.50. The van der Waals surface area contributed by atoms with E-state index < -0.39 is 5.54 Å². The number of hydrogen-bond donors (Lipinski definition) is 1. The summed E-state index contributed by atoms with van der Waals surface area (Å²) in [6.07, 6.45) is 3.35. The van der Waals surface area contributed by atoms with Crippen molar-refractivity contribution >= 4 is 5.97 Å². The van der Waals surface area contributed by atoms with Gasteiger partial charge in [0.2, 0.25) is 0 Å². The van der Waals surface area contributed by atoms with Crippen molar-refractivity contribution in [3.63, 3.8) is 0 Å². The minimum atomic E-state index is -0.850. The maximum atomic E-state index is 11.9. The van der Waals surface area contributed by atoms with Gasteiger partial charge in [-0.05, 0) is 26.8 Å². The summed E-state index contributed by atoms with van der Waals surface area (Å²) in [4.78, 5) is 15.9. The molecule has 0 saturated heterocycles. The number of aromatic nitrogens is 1. The maximum Gasteiger partial charge on any atom is 0.330 e. The number of carbonyl (C=O) groups is 1. The molecule has 1 aromatic rings. The Morgan fingerprint density at radius 2 is 2.25 bits per heavy atom. The molecule has 1 atom stereocenters. The van der Waals surface area contributed by atoms with Gasteiger partial charge >= 0.3 is 5.97 Å². The molecule has 16 heavy (non-hydrogen) atoms. The highest BCUT2D eigenvalue weighted by Gasteiger charge is 2.36. The summed E-state index contributed by atoms with van der Waals surface area (Å²) >= 11 is 0. The van der Waals surface area contributed by atoms with E-state index in [0.717, 1.165) is 5.56 Å². The molecule has 0 aliphatic heterocycles. The highest BCUT2D eigenvalue weighted by atomic mass is 16.5. The second-order valence-corrected chi connectivity index (χ2v) is 4.16. The van der Waals surface area contributed by atoms with Crippen LogP contribution in [-0.4, -0.2) is 24.1 Å². The van der Waals surface area contributed by atoms with Crippen LogP contribution >= 0.6 is 0 Å². The molecule has 0 aliphatic rings. The van der Waals surface area contributed by atoms with Crippen molar-refractivity contribution < 1.29 is 9.53 Å². The van der Waals surface area contributed by atoms with E-state index in [-0.39, 0.29) is 12.0 Å². The first-order chi connectivity index (χ1) is 7.50. The molecule has 88 valence electrons. The minimum Gasteiger partial charge on any atom is -0.467 e. The SMILES string of the molecule is COC(=O)C(C)(NC(C)C)c1cccnc1. The van der Waals surface area contributed by atoms with Crippen LogP contribution in [0.1, 0.15) is 26.3 Å². The van der Waals surface area contributed by atoms with Gasteiger partial charge in [-0.2, -0.15) is 0 Å². The first-order valence-electron chi connectivity index (χ1n) is 5.27. The Balaban J connectivity index is 3.09. The molecular weight excluding hydrogens is 204 g/mol. The van der Waals surface area contributed by atoms with Crippen LogP contribution in [0.4, 0.5) is 0 Å². The van der Waals surface area contributed by atoms with Crippen molar-refractivity contribution in [3.8, 4) is 0 Å². The number of pyridine rings is 1. The number of rotatable bonds is 4. The van der Waals surface area contributed by atoms with Crippen LogP contribution in [0.25, 0.3) is 0 Å². The third kappa shape index (κ3) is 2.58. The number of methoxy groups -OCH3 is 1. The topological polar surface area (TPSA) is 51.2 Å². The predicted molar refractivity (Wildman–Crippen MR) is 61.9 cm³/mol. The fourth-order valence-corrected chi connectivity index (χ4v) is 1.70. The largest absolute Gasteiger partial charge is 0.467 e. The Hall–Kier alpha value is -1.42. The summed E-state index contributed by atoms with van der Waals surface area (Å²) in [6.45, 7) is 5.77. The van der Waals surface area contributed by atoms with E-state index in [1.165, 1.54) is 7.11 Å². The van der Waals surface area contributed by atoms with E-state index in [4.69, 9.17) is 4.74 Å². The Morgan fingerprint density at radius 3 is 2.69 bits per heavy atom. The first kappa shape index (κ1) is 12.6. The second kappa shape index (κ2) is 5.07. The fraction of sp³-hybridized carbons (Fsp3) is 0.500. The average molecular weight is 222 g/mol. The molecule has 4 nitrogen and oxygen atoms in total. The van der Waals surface area contributed by atoms with Crippen molar-refractivity contribution in [3.05, 3.63) is 30.1 Å². The third-order valence-electron chi connectivity index (χ3n) is 2.41. The van der Waals surface area contributed by atoms with E-state index in [1.807, 2.05) is 19.9 Å². The summed E-state index contributed by atoms with van der Waals surface area (Å²) in [5, 5.41) is 3.21. The summed E-state index contributed by atoms with van der Waals surface area (Å²) in [6, 6.07) is 3.84. The predicted octanol–water partition coefficient (Wildman–Crippen LogP) is 1.47. The van der Waals surface area contributed by atoms with Gasteiger partial charge in [-0.1, -0.05) is 6.07 Å². The Kier molecular flexibility index (Phi) is 4.01. The van der Waals surface area contributed by atoms with E-state index in [9.17, 15) is 4.79 Å². The molecule has 0 bridgehead atoms. The maximum absolute atomic E-state index is 11.9. The Morgan fingerprint density at radius 1 is 1.56 bits per heavy atom. The number of carbonyl (C=O) groups excluding carboxylic acids is 1. The van der Waals surface area contributed by atoms with Gasteiger partial charge < -0.3 is 4.74 Å². The number of nitrogens with one attached hydrogen (secondary N) is 1. The van der Waals surface area contributed by atoms with E-state index in [2.05, 4.69) is 10.3 Å². The molecule has 1 N–H and O–H groups in total. The zero-order valence-corrected chi connectivity index (χ0v) is 10.2. The van der Waals surface area contributed by atoms with Crippen molar-refractivity contribution in [1.29, 1.82) is 0 Å². The van der Waals surface area contributed by atoms with Gasteiger partial charge in [-0.15, -0.1) is 0 Å². The van der Waals surface area contributed by atoms with E-state index in [1.54, 1.807) is 25.4 Å². The quantitative estimate of drug-likeness (QED) is 0.784. The summed E-state index contributed by atoms with van der Waals surface area (Å²) < 4.78 is 4.84. The number of nitrogens with zero attached hydrogens (tertiary/aromatic N) is 1. The first-order valence-corrected chi connectivity index (χ1v) is 5.27. The Bertz CT molecular complexity index is 351. The molecular formula is C12H18N2O2. The molecule has 0 spiro atoms. The summed E-state index contributed by atoms with van der Waals surface area (Å²) in [5.41, 5.74) is -0.0486. The molecule has 1 rings (SSSR count). The number of hydrogen-bond acceptors (Lipinski definition) is 4. The highest BCUT2D eigenvalue weighted by Crippen LogP contribution is 2.22. The standard InChI is InChI=1S/C12H18N2O2/c1-9(2)14-12(3,11(15)16-4)10-6-5-7-13-8-10/h5-9,14H,1-4H3. The molecule has 0 radical (unpaired) electrons. The lowest BCUT2D eigenvalue weighted by molar-refractivity contribution is -0.148. The van der Waals surface area contributed by atoms with Crippen molar-refractivity contribution in [2.75, 3.05) is 7.11 Å². The van der Waals surface area contributed by atoms with Gasteiger partial charge in [0.05, 0.1) is 7.11 Å². The zero-order chi connectivity index (χ0) is 12.2. The van der Waals surface area contributed by atoms with Crippen LogP contribution in [-0.2, 0) is 15.1 Å². The smallest absolute Gasteiger partial charge is 0.330 e. The number of ether oxygens (including phenoxy) is 1. The van der Waals surface area contributed by atoms with Gasteiger partial charge in [-0.3, -0.25) is 10.3 Å². The Labute approximate surface area is 96.0 Å². The normalized spacial score (nSPS) is 14.6. The van der Waals surface area contributed by atoms with Crippen LogP contribution in [0.2, 0.25) is 0 Å². The van der Waals surface area contributed by atoms with Gasteiger partial charge in [0.25, 0.3) is 0 Å². The van der Waals surface area contributed by atoms with Crippen LogP contribution in [0, 0.1) is 0 Å². The second-order valence-electron chi connectivity index (χ2n) is 4.16. The minimum absolute atomic E-state index is 0.171. The molecule has 0 aromatic carbocycles. The molecule has 0 aliphatic carbocycles. The number of esters is 1. The van der Waals surface area contributed by atoms with Crippen molar-refractivity contribution in [2.24, 2.45) is 0 Å². The molecule has 0 saturated carbocycles. The van der Waals surface area contributed by atoms with Crippen LogP contribution in [0.15, 0.2) is 24.5 Å². The van der Waals surface area contributed by atoms with Gasteiger partial charge in [0.15, 0.2) is 0 Å². The van der Waals surface area contributed by atoms with Crippen LogP contribution < -0.4 is 5.32 Å². The van der Waals surface area contributed by atoms with Crippen molar-refractivity contribution in [1.82, 2.24) is 10.3 Å². The summed E-state index contributed by atoms with van der Waals surface area (Å²) in [7, 11) is 1.39. The lowest BCUT2D eigenvalue weighted by Gasteiger charge is -2.30.